The molecule has 0 fully saturated rings. The third-order valence-corrected chi connectivity index (χ3v) is 6.30. The van der Waals surface area contributed by atoms with Crippen LogP contribution in [-0.4, -0.2) is 16.2 Å². The lowest BCUT2D eigenvalue weighted by Crippen LogP contribution is -2.25. The smallest absolute Gasteiger partial charge is 0.174 e. The number of rotatable bonds is 5. The molecular weight excluding hydrogens is 282 g/mol. The maximum absolute atomic E-state index is 6.27. The molecule has 3 nitrogen and oxygen atoms in total. The molecule has 2 N–H and O–H groups in total. The second kappa shape index (κ2) is 6.14. The molecule has 0 saturated carbocycles. The Morgan fingerprint density at radius 3 is 2.67 bits per heavy atom. The number of thioether (sulfide) groups is 1. The molecule has 98 valence electrons. The van der Waals surface area contributed by atoms with Gasteiger partial charge in [-0.25, -0.2) is 0 Å². The van der Waals surface area contributed by atoms with Crippen LogP contribution in [0.3, 0.4) is 0 Å². The highest BCUT2D eigenvalue weighted by molar-refractivity contribution is 8.01. The monoisotopic (exact) mass is 299 g/mol. The van der Waals surface area contributed by atoms with Crippen LogP contribution in [-0.2, 0) is 0 Å². The highest BCUT2D eigenvalue weighted by Gasteiger charge is 2.24. The van der Waals surface area contributed by atoms with E-state index in [0.29, 0.717) is 0 Å². The summed E-state index contributed by atoms with van der Waals surface area (Å²) >= 11 is 5.16. The molecule has 0 aromatic carbocycles. The second-order valence-corrected chi connectivity index (χ2v) is 7.68. The van der Waals surface area contributed by atoms with Crippen molar-refractivity contribution in [2.45, 2.75) is 42.8 Å². The number of nitrogens with two attached hydrogens (primary N) is 1. The maximum atomic E-state index is 6.27. The minimum absolute atomic E-state index is 0.150. The predicted octanol–water partition coefficient (Wildman–Crippen LogP) is 3.79. The van der Waals surface area contributed by atoms with Gasteiger partial charge in [0.15, 0.2) is 4.34 Å². The van der Waals surface area contributed by atoms with Gasteiger partial charge in [-0.05, 0) is 37.3 Å². The normalized spacial score (nSPS) is 14.7. The number of nitrogens with zero attached hydrogens (tertiary/aromatic N) is 2. The minimum Gasteiger partial charge on any atom is -0.326 e. The van der Waals surface area contributed by atoms with Crippen LogP contribution in [0.5, 0.6) is 0 Å². The van der Waals surface area contributed by atoms with E-state index < -0.39 is 0 Å². The van der Waals surface area contributed by atoms with Crippen LogP contribution >= 0.6 is 34.4 Å². The molecule has 0 radical (unpaired) electrons. The predicted molar refractivity (Wildman–Crippen MR) is 80.6 cm³/mol. The first-order valence-electron chi connectivity index (χ1n) is 5.88. The van der Waals surface area contributed by atoms with E-state index in [-0.39, 0.29) is 11.3 Å². The summed E-state index contributed by atoms with van der Waals surface area (Å²) in [6.07, 6.45) is 0.965. The summed E-state index contributed by atoms with van der Waals surface area (Å²) < 4.78 is 1.01. The molecule has 2 heterocycles. The third-order valence-electron chi connectivity index (χ3n) is 2.76. The summed E-state index contributed by atoms with van der Waals surface area (Å²) in [6.45, 7) is 6.26. The molecule has 0 spiro atoms. The molecular formula is C12H17N3S3. The van der Waals surface area contributed by atoms with Crippen molar-refractivity contribution in [1.29, 1.82) is 0 Å². The van der Waals surface area contributed by atoms with E-state index in [4.69, 9.17) is 5.73 Å². The molecule has 2 unspecified atom stereocenters. The Morgan fingerprint density at radius 1 is 1.39 bits per heavy atom. The molecule has 0 aliphatic rings. The molecule has 0 aliphatic carbocycles. The zero-order valence-corrected chi connectivity index (χ0v) is 13.2. The molecule has 6 heteroatoms. The molecule has 0 amide bonds. The van der Waals surface area contributed by atoms with Crippen LogP contribution in [0.4, 0.5) is 0 Å². The molecule has 2 atom stereocenters. The Morgan fingerprint density at radius 2 is 2.17 bits per heavy atom. The van der Waals surface area contributed by atoms with Crippen molar-refractivity contribution < 1.29 is 0 Å². The molecule has 0 aliphatic heterocycles. The van der Waals surface area contributed by atoms with Gasteiger partial charge in [0.2, 0.25) is 0 Å². The van der Waals surface area contributed by atoms with Crippen molar-refractivity contribution in [2.24, 2.45) is 5.73 Å². The summed E-state index contributed by atoms with van der Waals surface area (Å²) in [5, 5.41) is 11.7. The summed E-state index contributed by atoms with van der Waals surface area (Å²) in [6, 6.07) is 2.30. The van der Waals surface area contributed by atoms with E-state index >= 15 is 0 Å². The van der Waals surface area contributed by atoms with E-state index in [0.717, 1.165) is 15.8 Å². The average molecular weight is 299 g/mol. The van der Waals surface area contributed by atoms with Crippen molar-refractivity contribution >= 4 is 34.4 Å². The van der Waals surface area contributed by atoms with Crippen LogP contribution in [0.1, 0.15) is 34.0 Å². The quantitative estimate of drug-likeness (QED) is 0.854. The topological polar surface area (TPSA) is 51.8 Å². The SMILES string of the molecule is CCC(N)C(Sc1nnc(C)s1)c1sccc1C. The van der Waals surface area contributed by atoms with Gasteiger partial charge in [0, 0.05) is 10.9 Å². The van der Waals surface area contributed by atoms with E-state index in [9.17, 15) is 0 Å². The van der Waals surface area contributed by atoms with Crippen LogP contribution < -0.4 is 5.73 Å². The average Bonchev–Trinajstić information content (AvgIpc) is 2.94. The van der Waals surface area contributed by atoms with E-state index in [1.807, 2.05) is 6.92 Å². The van der Waals surface area contributed by atoms with Crippen molar-refractivity contribution in [2.75, 3.05) is 0 Å². The molecule has 2 aromatic heterocycles. The number of aromatic nitrogens is 2. The van der Waals surface area contributed by atoms with E-state index in [2.05, 4.69) is 35.5 Å². The fourth-order valence-electron chi connectivity index (χ4n) is 1.66. The summed E-state index contributed by atoms with van der Waals surface area (Å²) in [7, 11) is 0. The first-order valence-corrected chi connectivity index (χ1v) is 8.45. The number of hydrogen-bond donors (Lipinski definition) is 1. The number of hydrogen-bond acceptors (Lipinski definition) is 6. The van der Waals surface area contributed by atoms with Gasteiger partial charge in [-0.15, -0.1) is 21.5 Å². The van der Waals surface area contributed by atoms with Gasteiger partial charge in [0.1, 0.15) is 5.01 Å². The van der Waals surface area contributed by atoms with Gasteiger partial charge in [0.05, 0.1) is 5.25 Å². The summed E-state index contributed by atoms with van der Waals surface area (Å²) in [4.78, 5) is 1.36. The van der Waals surface area contributed by atoms with Crippen molar-refractivity contribution in [3.8, 4) is 0 Å². The third kappa shape index (κ3) is 3.12. The maximum Gasteiger partial charge on any atom is 0.174 e. The fourth-order valence-corrected chi connectivity index (χ4v) is 5.20. The Kier molecular flexibility index (Phi) is 4.77. The second-order valence-electron chi connectivity index (χ2n) is 4.17. The number of aryl methyl sites for hydroxylation is 2. The highest BCUT2D eigenvalue weighted by Crippen LogP contribution is 2.42. The van der Waals surface area contributed by atoms with Crippen molar-refractivity contribution in [3.63, 3.8) is 0 Å². The van der Waals surface area contributed by atoms with Crippen molar-refractivity contribution in [1.82, 2.24) is 10.2 Å². The van der Waals surface area contributed by atoms with Crippen LogP contribution in [0.15, 0.2) is 15.8 Å². The lowest BCUT2D eigenvalue weighted by atomic mass is 10.1. The van der Waals surface area contributed by atoms with Gasteiger partial charge in [0.25, 0.3) is 0 Å². The zero-order chi connectivity index (χ0) is 13.1. The van der Waals surface area contributed by atoms with Gasteiger partial charge in [-0.2, -0.15) is 0 Å². The lowest BCUT2D eigenvalue weighted by molar-refractivity contribution is 0.638. The minimum atomic E-state index is 0.150. The van der Waals surface area contributed by atoms with Gasteiger partial charge >= 0.3 is 0 Å². The Balaban J connectivity index is 2.23. The molecule has 0 saturated heterocycles. The standard InChI is InChI=1S/C12H17N3S3/c1-4-9(13)11(10-7(2)5-6-16-10)18-12-15-14-8(3)17-12/h5-6,9,11H,4,13H2,1-3H3. The first kappa shape index (κ1) is 14.0. The molecule has 2 rings (SSSR count). The zero-order valence-electron chi connectivity index (χ0n) is 10.7. The van der Waals surface area contributed by atoms with Crippen molar-refractivity contribution in [3.05, 3.63) is 26.9 Å². The fraction of sp³-hybridized carbons (Fsp3) is 0.500. The Labute approximate surface area is 120 Å². The number of thiophene rings is 1. The van der Waals surface area contributed by atoms with E-state index in [1.54, 1.807) is 34.4 Å². The van der Waals surface area contributed by atoms with Gasteiger partial charge in [-0.3, -0.25) is 0 Å². The Bertz CT molecular complexity index is 506. The van der Waals surface area contributed by atoms with Gasteiger partial charge in [-0.1, -0.05) is 30.0 Å². The molecule has 0 bridgehead atoms. The molecule has 2 aromatic rings. The lowest BCUT2D eigenvalue weighted by Gasteiger charge is -2.20. The molecule has 18 heavy (non-hydrogen) atoms. The highest BCUT2D eigenvalue weighted by atomic mass is 32.2. The van der Waals surface area contributed by atoms with E-state index in [1.165, 1.54) is 10.4 Å². The van der Waals surface area contributed by atoms with Crippen LogP contribution in [0, 0.1) is 13.8 Å². The largest absolute Gasteiger partial charge is 0.326 e. The van der Waals surface area contributed by atoms with Gasteiger partial charge < -0.3 is 5.73 Å². The summed E-state index contributed by atoms with van der Waals surface area (Å²) in [5.41, 5.74) is 7.60. The van der Waals surface area contributed by atoms with Crippen LogP contribution in [0.25, 0.3) is 0 Å². The van der Waals surface area contributed by atoms with Crippen LogP contribution in [0.2, 0.25) is 0 Å². The summed E-state index contributed by atoms with van der Waals surface area (Å²) in [5.74, 6) is 0. The first-order chi connectivity index (χ1) is 8.61. The Hall–Kier alpha value is -0.430.